The number of anilines is 1. The second-order valence-corrected chi connectivity index (χ2v) is 6.88. The van der Waals surface area contributed by atoms with Crippen LogP contribution in [0.15, 0.2) is 47.4 Å². The van der Waals surface area contributed by atoms with E-state index in [0.717, 1.165) is 0 Å². The molecule has 0 aromatic heterocycles. The summed E-state index contributed by atoms with van der Waals surface area (Å²) < 4.78 is 42.7. The summed E-state index contributed by atoms with van der Waals surface area (Å²) >= 11 is 0. The number of benzene rings is 2. The van der Waals surface area contributed by atoms with Gasteiger partial charge in [-0.05, 0) is 43.3 Å². The van der Waals surface area contributed by atoms with Crippen LogP contribution in [-0.2, 0) is 10.0 Å². The van der Waals surface area contributed by atoms with Gasteiger partial charge in [0.15, 0.2) is 0 Å². The highest BCUT2D eigenvalue weighted by Gasteiger charge is 2.24. The molecule has 2 aromatic rings. The first-order chi connectivity index (χ1) is 11.4. The van der Waals surface area contributed by atoms with Gasteiger partial charge in [-0.3, -0.25) is 4.31 Å². The van der Waals surface area contributed by atoms with Crippen molar-refractivity contribution in [3.05, 3.63) is 42.5 Å². The maximum absolute atomic E-state index is 12.9. The van der Waals surface area contributed by atoms with E-state index in [1.165, 1.54) is 37.7 Å². The van der Waals surface area contributed by atoms with Crippen molar-refractivity contribution in [3.63, 3.8) is 0 Å². The van der Waals surface area contributed by atoms with E-state index in [1.54, 1.807) is 30.3 Å². The van der Waals surface area contributed by atoms with Crippen LogP contribution in [0.5, 0.6) is 17.2 Å². The molecule has 0 aliphatic heterocycles. The molecule has 0 unspecified atom stereocenters. The van der Waals surface area contributed by atoms with Crippen LogP contribution < -0.4 is 18.5 Å². The first-order valence-electron chi connectivity index (χ1n) is 7.37. The van der Waals surface area contributed by atoms with Crippen molar-refractivity contribution in [1.29, 1.82) is 0 Å². The molecule has 0 saturated carbocycles. The fourth-order valence-corrected chi connectivity index (χ4v) is 3.40. The zero-order chi connectivity index (χ0) is 17.7. The zero-order valence-electron chi connectivity index (χ0n) is 14.1. The molecule has 0 saturated heterocycles. The topological polar surface area (TPSA) is 65.1 Å². The summed E-state index contributed by atoms with van der Waals surface area (Å²) in [5.74, 6) is 1.60. The van der Waals surface area contributed by atoms with Gasteiger partial charge in [-0.25, -0.2) is 8.42 Å². The Balaban J connectivity index is 2.41. The highest BCUT2D eigenvalue weighted by Crippen LogP contribution is 2.34. The van der Waals surface area contributed by atoms with Gasteiger partial charge in [0, 0.05) is 13.1 Å². The molecule has 0 fully saturated rings. The van der Waals surface area contributed by atoms with Crippen LogP contribution in [0.3, 0.4) is 0 Å². The minimum absolute atomic E-state index is 0.165. The zero-order valence-corrected chi connectivity index (χ0v) is 15.0. The van der Waals surface area contributed by atoms with Crippen molar-refractivity contribution < 1.29 is 22.6 Å². The Bertz CT molecular complexity index is 787. The van der Waals surface area contributed by atoms with E-state index >= 15 is 0 Å². The lowest BCUT2D eigenvalue weighted by molar-refractivity contribution is 0.340. The normalized spacial score (nSPS) is 11.0. The van der Waals surface area contributed by atoms with E-state index in [2.05, 4.69) is 0 Å². The molecule has 0 spiro atoms. The second-order valence-electron chi connectivity index (χ2n) is 4.91. The smallest absolute Gasteiger partial charge is 0.264 e. The summed E-state index contributed by atoms with van der Waals surface area (Å²) in [5.41, 5.74) is 0.394. The van der Waals surface area contributed by atoms with Crippen molar-refractivity contribution in [2.45, 2.75) is 11.8 Å². The summed E-state index contributed by atoms with van der Waals surface area (Å²) in [7, 11) is 0.745. The van der Waals surface area contributed by atoms with Crippen LogP contribution in [0.4, 0.5) is 5.69 Å². The third-order valence-electron chi connectivity index (χ3n) is 3.52. The standard InChI is InChI=1S/C17H21NO5S/c1-5-23-13-6-9-15(10-7-13)24(19,20)18(2)16-12-14(21-3)8-11-17(16)22-4/h6-12H,5H2,1-4H3. The van der Waals surface area contributed by atoms with Gasteiger partial charge in [-0.1, -0.05) is 0 Å². The van der Waals surface area contributed by atoms with Crippen LogP contribution in [0.1, 0.15) is 6.92 Å². The molecular formula is C17H21NO5S. The molecule has 0 aliphatic rings. The Morgan fingerprint density at radius 3 is 2.12 bits per heavy atom. The van der Waals surface area contributed by atoms with Crippen molar-refractivity contribution in [3.8, 4) is 17.2 Å². The van der Waals surface area contributed by atoms with E-state index in [-0.39, 0.29) is 4.90 Å². The van der Waals surface area contributed by atoms with Gasteiger partial charge < -0.3 is 14.2 Å². The highest BCUT2D eigenvalue weighted by molar-refractivity contribution is 7.92. The molecule has 24 heavy (non-hydrogen) atoms. The molecule has 0 heterocycles. The van der Waals surface area contributed by atoms with Gasteiger partial charge in [-0.2, -0.15) is 0 Å². The van der Waals surface area contributed by atoms with Crippen molar-refractivity contribution >= 4 is 15.7 Å². The number of nitrogens with zero attached hydrogens (tertiary/aromatic N) is 1. The van der Waals surface area contributed by atoms with E-state index in [0.29, 0.717) is 29.5 Å². The fraction of sp³-hybridized carbons (Fsp3) is 0.294. The summed E-state index contributed by atoms with van der Waals surface area (Å²) in [4.78, 5) is 0.165. The summed E-state index contributed by atoms with van der Waals surface area (Å²) in [6.07, 6.45) is 0. The molecule has 0 N–H and O–H groups in total. The molecule has 2 aromatic carbocycles. The molecule has 7 heteroatoms. The molecule has 2 rings (SSSR count). The fourth-order valence-electron chi connectivity index (χ4n) is 2.20. The average Bonchev–Trinajstić information content (AvgIpc) is 2.61. The van der Waals surface area contributed by atoms with Crippen molar-refractivity contribution in [1.82, 2.24) is 0 Å². The van der Waals surface area contributed by atoms with Crippen molar-refractivity contribution in [2.75, 3.05) is 32.2 Å². The Morgan fingerprint density at radius 2 is 1.58 bits per heavy atom. The Hall–Kier alpha value is -2.41. The molecule has 0 bridgehead atoms. The second kappa shape index (κ2) is 7.44. The number of rotatable bonds is 7. The molecule has 6 nitrogen and oxygen atoms in total. The average molecular weight is 351 g/mol. The van der Waals surface area contributed by atoms with E-state index in [9.17, 15) is 8.42 Å². The monoisotopic (exact) mass is 351 g/mol. The van der Waals surface area contributed by atoms with Gasteiger partial charge in [-0.15, -0.1) is 0 Å². The van der Waals surface area contributed by atoms with E-state index in [1.807, 2.05) is 6.92 Å². The predicted octanol–water partition coefficient (Wildman–Crippen LogP) is 2.93. The third-order valence-corrected chi connectivity index (χ3v) is 5.30. The van der Waals surface area contributed by atoms with Gasteiger partial charge in [0.25, 0.3) is 10.0 Å². The maximum atomic E-state index is 12.9. The highest BCUT2D eigenvalue weighted by atomic mass is 32.2. The largest absolute Gasteiger partial charge is 0.497 e. The first-order valence-corrected chi connectivity index (χ1v) is 8.81. The van der Waals surface area contributed by atoms with Gasteiger partial charge in [0.05, 0.1) is 31.4 Å². The third kappa shape index (κ3) is 3.56. The summed E-state index contributed by atoms with van der Waals surface area (Å²) in [5, 5.41) is 0. The van der Waals surface area contributed by atoms with Gasteiger partial charge in [0.1, 0.15) is 17.2 Å². The molecular weight excluding hydrogens is 330 g/mol. The first kappa shape index (κ1) is 17.9. The van der Waals surface area contributed by atoms with E-state index < -0.39 is 10.0 Å². The van der Waals surface area contributed by atoms with Crippen molar-refractivity contribution in [2.24, 2.45) is 0 Å². The quantitative estimate of drug-likeness (QED) is 0.767. The predicted molar refractivity (Wildman–Crippen MR) is 92.7 cm³/mol. The summed E-state index contributed by atoms with van der Waals surface area (Å²) in [6.45, 7) is 2.39. The number of methoxy groups -OCH3 is 2. The molecule has 130 valence electrons. The van der Waals surface area contributed by atoms with Crippen LogP contribution in [0.25, 0.3) is 0 Å². The van der Waals surface area contributed by atoms with Crippen LogP contribution in [0, 0.1) is 0 Å². The lowest BCUT2D eigenvalue weighted by Crippen LogP contribution is -2.27. The van der Waals surface area contributed by atoms with Gasteiger partial charge >= 0.3 is 0 Å². The number of ether oxygens (including phenoxy) is 3. The molecule has 0 atom stereocenters. The molecule has 0 radical (unpaired) electrons. The molecule has 0 amide bonds. The minimum atomic E-state index is -3.74. The maximum Gasteiger partial charge on any atom is 0.264 e. The number of hydrogen-bond acceptors (Lipinski definition) is 5. The lowest BCUT2D eigenvalue weighted by atomic mass is 10.3. The molecule has 0 aliphatic carbocycles. The SMILES string of the molecule is CCOc1ccc(S(=O)(=O)N(C)c2cc(OC)ccc2OC)cc1. The van der Waals surface area contributed by atoms with Crippen LogP contribution in [0.2, 0.25) is 0 Å². The number of hydrogen-bond donors (Lipinski definition) is 0. The Labute approximate surface area is 142 Å². The number of sulfonamides is 1. The van der Waals surface area contributed by atoms with E-state index in [4.69, 9.17) is 14.2 Å². The minimum Gasteiger partial charge on any atom is -0.497 e. The summed E-state index contributed by atoms with van der Waals surface area (Å²) in [6, 6.07) is 11.3. The Kier molecular flexibility index (Phi) is 5.56. The lowest BCUT2D eigenvalue weighted by Gasteiger charge is -2.22. The van der Waals surface area contributed by atoms with Gasteiger partial charge in [0.2, 0.25) is 0 Å². The van der Waals surface area contributed by atoms with Crippen LogP contribution >= 0.6 is 0 Å². The Morgan fingerprint density at radius 1 is 0.958 bits per heavy atom. The van der Waals surface area contributed by atoms with Crippen LogP contribution in [-0.4, -0.2) is 36.3 Å².